The van der Waals surface area contributed by atoms with Gasteiger partial charge in [-0.15, -0.1) is 0 Å². The molecule has 2 aromatic heterocycles. The Kier molecular flexibility index (Phi) is 4.51. The zero-order valence-electron chi connectivity index (χ0n) is 17.7. The van der Waals surface area contributed by atoms with Gasteiger partial charge in [0.2, 0.25) is 0 Å². The second-order valence-corrected chi connectivity index (χ2v) is 8.29. The van der Waals surface area contributed by atoms with E-state index >= 15 is 0 Å². The van der Waals surface area contributed by atoms with E-state index in [2.05, 4.69) is 20.2 Å². The quantitative estimate of drug-likeness (QED) is 0.421. The Labute approximate surface area is 191 Å². The Morgan fingerprint density at radius 1 is 1.06 bits per heavy atom. The number of alkyl halides is 3. The molecule has 0 spiro atoms. The fourth-order valence-electron chi connectivity index (χ4n) is 4.56. The summed E-state index contributed by atoms with van der Waals surface area (Å²) in [4.78, 5) is 26.0. The molecule has 1 unspecified atom stereocenters. The molecule has 1 saturated heterocycles. The van der Waals surface area contributed by atoms with E-state index in [1.54, 1.807) is 35.2 Å². The highest BCUT2D eigenvalue weighted by atomic mass is 19.4. The molecule has 6 rings (SSSR count). The molecule has 2 bridgehead atoms. The highest BCUT2D eigenvalue weighted by Crippen LogP contribution is 2.41. The topological polar surface area (TPSA) is 74.5 Å². The number of pyridine rings is 1. The third-order valence-electron chi connectivity index (χ3n) is 6.16. The van der Waals surface area contributed by atoms with Gasteiger partial charge in [0.1, 0.15) is 5.52 Å². The number of para-hydroxylation sites is 2. The minimum Gasteiger partial charge on any atom is -0.423 e. The van der Waals surface area contributed by atoms with Crippen molar-refractivity contribution in [2.24, 2.45) is 0 Å². The number of urea groups is 1. The number of amides is 2. The second kappa shape index (κ2) is 7.47. The van der Waals surface area contributed by atoms with Gasteiger partial charge >= 0.3 is 18.2 Å². The number of halogens is 3. The molecule has 0 radical (unpaired) electrons. The van der Waals surface area contributed by atoms with Crippen LogP contribution in [-0.4, -0.2) is 35.1 Å². The van der Waals surface area contributed by atoms with Crippen molar-refractivity contribution in [3.05, 3.63) is 66.2 Å². The smallest absolute Gasteiger partial charge is 0.416 e. The van der Waals surface area contributed by atoms with Gasteiger partial charge in [0, 0.05) is 18.7 Å². The van der Waals surface area contributed by atoms with Crippen molar-refractivity contribution < 1.29 is 22.4 Å². The second-order valence-electron chi connectivity index (χ2n) is 8.29. The predicted molar refractivity (Wildman–Crippen MR) is 121 cm³/mol. The number of nitrogens with one attached hydrogen (secondary N) is 1. The number of anilines is 3. The summed E-state index contributed by atoms with van der Waals surface area (Å²) in [5.41, 5.74) is 1.86. The van der Waals surface area contributed by atoms with Crippen LogP contribution in [0.3, 0.4) is 0 Å². The van der Waals surface area contributed by atoms with Gasteiger partial charge in [0.25, 0.3) is 0 Å². The SMILES string of the molecule is O=C(Nc1nc2ccccc2o1)N1c2nc(-c3cccc(C(F)(F)F)c3)ccc2N2CCC1C2. The summed E-state index contributed by atoms with van der Waals surface area (Å²) in [6.07, 6.45) is -3.71. The van der Waals surface area contributed by atoms with Crippen molar-refractivity contribution in [3.63, 3.8) is 0 Å². The summed E-state index contributed by atoms with van der Waals surface area (Å²) in [5, 5.41) is 2.71. The molecule has 1 fully saturated rings. The summed E-state index contributed by atoms with van der Waals surface area (Å²) in [6.45, 7) is 1.41. The van der Waals surface area contributed by atoms with Gasteiger partial charge < -0.3 is 9.32 Å². The number of oxazole rings is 1. The van der Waals surface area contributed by atoms with Gasteiger partial charge in [-0.05, 0) is 42.8 Å². The molecule has 2 aliphatic heterocycles. The van der Waals surface area contributed by atoms with Gasteiger partial charge in [-0.25, -0.2) is 9.78 Å². The van der Waals surface area contributed by atoms with Crippen molar-refractivity contribution >= 4 is 34.7 Å². The van der Waals surface area contributed by atoms with Gasteiger partial charge in [-0.1, -0.05) is 24.3 Å². The fraction of sp³-hybridized carbons (Fsp3) is 0.208. The van der Waals surface area contributed by atoms with Crippen LogP contribution in [0.25, 0.3) is 22.4 Å². The van der Waals surface area contributed by atoms with Crippen LogP contribution < -0.4 is 15.1 Å². The molecule has 2 aromatic carbocycles. The average Bonchev–Trinajstić information content (AvgIpc) is 3.42. The van der Waals surface area contributed by atoms with Gasteiger partial charge in [0.15, 0.2) is 11.4 Å². The number of carbonyl (C=O) groups is 1. The van der Waals surface area contributed by atoms with E-state index in [9.17, 15) is 18.0 Å². The van der Waals surface area contributed by atoms with Crippen LogP contribution in [0.15, 0.2) is 65.1 Å². The monoisotopic (exact) mass is 465 g/mol. The molecular formula is C24H18F3N5O2. The molecule has 4 aromatic rings. The van der Waals surface area contributed by atoms with Gasteiger partial charge in [0.05, 0.1) is 23.0 Å². The summed E-state index contributed by atoms with van der Waals surface area (Å²) in [6, 6.07) is 15.2. The van der Waals surface area contributed by atoms with Crippen molar-refractivity contribution in [1.82, 2.24) is 9.97 Å². The zero-order valence-corrected chi connectivity index (χ0v) is 17.7. The molecule has 34 heavy (non-hydrogen) atoms. The van der Waals surface area contributed by atoms with Crippen LogP contribution in [0.4, 0.5) is 35.5 Å². The van der Waals surface area contributed by atoms with E-state index in [-0.39, 0.29) is 12.1 Å². The molecule has 2 amide bonds. The van der Waals surface area contributed by atoms with Crippen LogP contribution in [0.5, 0.6) is 0 Å². The fourth-order valence-corrected chi connectivity index (χ4v) is 4.56. The average molecular weight is 465 g/mol. The van der Waals surface area contributed by atoms with E-state index in [1.165, 1.54) is 6.07 Å². The summed E-state index contributed by atoms with van der Waals surface area (Å²) in [7, 11) is 0. The molecule has 7 nitrogen and oxygen atoms in total. The first-order valence-corrected chi connectivity index (χ1v) is 10.8. The maximum Gasteiger partial charge on any atom is 0.416 e. The van der Waals surface area contributed by atoms with Crippen molar-refractivity contribution in [1.29, 1.82) is 0 Å². The number of aromatic nitrogens is 2. The van der Waals surface area contributed by atoms with Crippen LogP contribution in [-0.2, 0) is 6.18 Å². The summed E-state index contributed by atoms with van der Waals surface area (Å²) < 4.78 is 45.3. The first-order chi connectivity index (χ1) is 16.4. The number of benzene rings is 2. The summed E-state index contributed by atoms with van der Waals surface area (Å²) >= 11 is 0. The van der Waals surface area contributed by atoms with Gasteiger partial charge in [-0.2, -0.15) is 18.2 Å². The van der Waals surface area contributed by atoms with Crippen LogP contribution >= 0.6 is 0 Å². The maximum atomic E-state index is 13.3. The lowest BCUT2D eigenvalue weighted by molar-refractivity contribution is -0.137. The number of rotatable bonds is 2. The number of hydrogen-bond acceptors (Lipinski definition) is 5. The molecule has 10 heteroatoms. The Morgan fingerprint density at radius 3 is 2.74 bits per heavy atom. The third kappa shape index (κ3) is 3.42. The molecule has 172 valence electrons. The lowest BCUT2D eigenvalue weighted by Crippen LogP contribution is -2.48. The van der Waals surface area contributed by atoms with Crippen molar-refractivity contribution in [3.8, 4) is 11.3 Å². The van der Waals surface area contributed by atoms with E-state index in [4.69, 9.17) is 4.42 Å². The standard InChI is InChI=1S/C24H18F3N5O2/c25-24(26,27)15-5-3-4-14(12-15)17-8-9-19-21(28-17)32(16-10-11-31(19)13-16)23(33)30-22-29-18-6-1-2-7-20(18)34-22/h1-9,12,16H,10-11,13H2,(H,29,30,33). The Hall–Kier alpha value is -4.08. The minimum atomic E-state index is -4.46. The molecule has 0 aliphatic carbocycles. The maximum absolute atomic E-state index is 13.3. The normalized spacial score (nSPS) is 17.2. The first kappa shape index (κ1) is 20.5. The highest BCUT2D eigenvalue weighted by molar-refractivity contribution is 6.04. The van der Waals surface area contributed by atoms with Gasteiger partial charge in [-0.3, -0.25) is 10.2 Å². The highest BCUT2D eigenvalue weighted by Gasteiger charge is 2.40. The number of carbonyl (C=O) groups excluding carboxylic acids is 1. The summed E-state index contributed by atoms with van der Waals surface area (Å²) in [5.74, 6) is 0.400. The van der Waals surface area contributed by atoms with Crippen molar-refractivity contribution in [2.45, 2.75) is 18.6 Å². The zero-order chi connectivity index (χ0) is 23.4. The van der Waals surface area contributed by atoms with Crippen LogP contribution in [0.2, 0.25) is 0 Å². The minimum absolute atomic E-state index is 0.0715. The number of hydrogen-bond donors (Lipinski definition) is 1. The molecule has 0 saturated carbocycles. The van der Waals surface area contributed by atoms with E-state index in [0.717, 1.165) is 30.8 Å². The molecule has 1 atom stereocenters. The van der Waals surface area contributed by atoms with Crippen LogP contribution in [0.1, 0.15) is 12.0 Å². The lowest BCUT2D eigenvalue weighted by atomic mass is 10.1. The third-order valence-corrected chi connectivity index (χ3v) is 6.16. The largest absolute Gasteiger partial charge is 0.423 e. The Balaban J connectivity index is 1.37. The molecular weight excluding hydrogens is 447 g/mol. The van der Waals surface area contributed by atoms with Crippen molar-refractivity contribution in [2.75, 3.05) is 28.2 Å². The Bertz CT molecular complexity index is 1380. The lowest BCUT2D eigenvalue weighted by Gasteiger charge is -2.35. The predicted octanol–water partition coefficient (Wildman–Crippen LogP) is 5.54. The number of fused-ring (bicyclic) bond motifs is 5. The van der Waals surface area contributed by atoms with Crippen LogP contribution in [0, 0.1) is 0 Å². The molecule has 2 aliphatic rings. The first-order valence-electron chi connectivity index (χ1n) is 10.8. The van der Waals surface area contributed by atoms with E-state index in [1.807, 2.05) is 12.1 Å². The molecule has 4 heterocycles. The molecule has 1 N–H and O–H groups in total. The number of nitrogens with zero attached hydrogens (tertiary/aromatic N) is 4. The van der Waals surface area contributed by atoms with E-state index < -0.39 is 17.8 Å². The Morgan fingerprint density at radius 2 is 1.91 bits per heavy atom. The van der Waals surface area contributed by atoms with E-state index in [0.29, 0.717) is 34.7 Å².